The van der Waals surface area contributed by atoms with Crippen LogP contribution in [0.1, 0.15) is 18.5 Å². The zero-order valence-electron chi connectivity index (χ0n) is 8.53. The molecule has 76 valence electrons. The SMILES string of the molecule is CSC1CCC1Nc1cc(C)ncn1. The van der Waals surface area contributed by atoms with E-state index in [9.17, 15) is 0 Å². The van der Waals surface area contributed by atoms with Crippen molar-refractivity contribution < 1.29 is 0 Å². The Bertz CT molecular complexity index is 314. The predicted molar refractivity (Wildman–Crippen MR) is 60.7 cm³/mol. The summed E-state index contributed by atoms with van der Waals surface area (Å²) < 4.78 is 0. The van der Waals surface area contributed by atoms with Crippen molar-refractivity contribution in [1.82, 2.24) is 9.97 Å². The molecule has 0 saturated heterocycles. The van der Waals surface area contributed by atoms with Crippen molar-refractivity contribution in [3.8, 4) is 0 Å². The minimum Gasteiger partial charge on any atom is -0.366 e. The molecule has 0 radical (unpaired) electrons. The van der Waals surface area contributed by atoms with Gasteiger partial charge in [0, 0.05) is 23.1 Å². The van der Waals surface area contributed by atoms with Crippen LogP contribution in [0.2, 0.25) is 0 Å². The number of thioether (sulfide) groups is 1. The smallest absolute Gasteiger partial charge is 0.129 e. The minimum atomic E-state index is 0.597. The fourth-order valence-corrected chi connectivity index (χ4v) is 2.54. The number of nitrogens with zero attached hydrogens (tertiary/aromatic N) is 2. The van der Waals surface area contributed by atoms with Gasteiger partial charge in [-0.1, -0.05) is 0 Å². The highest BCUT2D eigenvalue weighted by atomic mass is 32.2. The molecule has 1 N–H and O–H groups in total. The number of rotatable bonds is 3. The third-order valence-corrected chi connectivity index (χ3v) is 3.82. The summed E-state index contributed by atoms with van der Waals surface area (Å²) in [5.74, 6) is 0.959. The fourth-order valence-electron chi connectivity index (χ4n) is 1.64. The zero-order valence-corrected chi connectivity index (χ0v) is 9.34. The number of nitrogens with one attached hydrogen (secondary N) is 1. The highest BCUT2D eigenvalue weighted by Gasteiger charge is 2.29. The molecule has 1 fully saturated rings. The van der Waals surface area contributed by atoms with Crippen LogP contribution in [0, 0.1) is 6.92 Å². The summed E-state index contributed by atoms with van der Waals surface area (Å²) in [5.41, 5.74) is 1.02. The second-order valence-electron chi connectivity index (χ2n) is 3.65. The second-order valence-corrected chi connectivity index (χ2v) is 4.72. The van der Waals surface area contributed by atoms with Gasteiger partial charge in [0.25, 0.3) is 0 Å². The van der Waals surface area contributed by atoms with Crippen LogP contribution in [0.5, 0.6) is 0 Å². The Morgan fingerprint density at radius 2 is 2.29 bits per heavy atom. The van der Waals surface area contributed by atoms with Gasteiger partial charge in [-0.2, -0.15) is 11.8 Å². The van der Waals surface area contributed by atoms with Gasteiger partial charge in [-0.15, -0.1) is 0 Å². The molecule has 14 heavy (non-hydrogen) atoms. The molecule has 1 aromatic rings. The summed E-state index contributed by atoms with van der Waals surface area (Å²) in [6.07, 6.45) is 6.37. The third kappa shape index (κ3) is 2.00. The predicted octanol–water partition coefficient (Wildman–Crippen LogP) is 2.09. The highest BCUT2D eigenvalue weighted by molar-refractivity contribution is 7.99. The van der Waals surface area contributed by atoms with Crippen molar-refractivity contribution in [2.75, 3.05) is 11.6 Å². The molecule has 1 heterocycles. The van der Waals surface area contributed by atoms with E-state index in [1.807, 2.05) is 24.8 Å². The Morgan fingerprint density at radius 1 is 1.43 bits per heavy atom. The Morgan fingerprint density at radius 3 is 2.86 bits per heavy atom. The molecule has 3 nitrogen and oxygen atoms in total. The molecule has 1 aliphatic carbocycles. The number of hydrogen-bond acceptors (Lipinski definition) is 4. The molecule has 0 aliphatic heterocycles. The lowest BCUT2D eigenvalue weighted by atomic mass is 9.92. The van der Waals surface area contributed by atoms with E-state index in [2.05, 4.69) is 21.5 Å². The summed E-state index contributed by atoms with van der Waals surface area (Å²) >= 11 is 1.94. The third-order valence-electron chi connectivity index (χ3n) is 2.65. The first-order valence-corrected chi connectivity index (χ1v) is 6.16. The summed E-state index contributed by atoms with van der Waals surface area (Å²) in [6.45, 7) is 1.99. The van der Waals surface area contributed by atoms with Gasteiger partial charge >= 0.3 is 0 Å². The molecule has 1 saturated carbocycles. The molecule has 2 atom stereocenters. The number of hydrogen-bond donors (Lipinski definition) is 1. The molecule has 1 aromatic heterocycles. The Hall–Kier alpha value is -0.770. The van der Waals surface area contributed by atoms with Crippen molar-refractivity contribution in [2.45, 2.75) is 31.1 Å². The molecule has 0 aromatic carbocycles. The van der Waals surface area contributed by atoms with E-state index < -0.39 is 0 Å². The van der Waals surface area contributed by atoms with Gasteiger partial charge in [0.15, 0.2) is 0 Å². The summed E-state index contributed by atoms with van der Waals surface area (Å²) in [7, 11) is 0. The lowest BCUT2D eigenvalue weighted by Gasteiger charge is -2.36. The normalized spacial score (nSPS) is 25.6. The van der Waals surface area contributed by atoms with Crippen LogP contribution in [0.25, 0.3) is 0 Å². The zero-order chi connectivity index (χ0) is 9.97. The molecule has 1 aliphatic rings. The maximum atomic E-state index is 4.20. The largest absolute Gasteiger partial charge is 0.366 e. The van der Waals surface area contributed by atoms with Gasteiger partial charge in [0.1, 0.15) is 12.1 Å². The Labute approximate surface area is 88.7 Å². The van der Waals surface area contributed by atoms with Gasteiger partial charge < -0.3 is 5.32 Å². The minimum absolute atomic E-state index is 0.597. The standard InChI is InChI=1S/C10H15N3S/c1-7-5-10(12-6-11-7)13-8-3-4-9(8)14-2/h5-6,8-9H,3-4H2,1-2H3,(H,11,12,13). The van der Waals surface area contributed by atoms with Crippen LogP contribution in [0.3, 0.4) is 0 Å². The van der Waals surface area contributed by atoms with Crippen LogP contribution >= 0.6 is 11.8 Å². The van der Waals surface area contributed by atoms with Gasteiger partial charge in [-0.25, -0.2) is 9.97 Å². The van der Waals surface area contributed by atoms with Crippen molar-refractivity contribution in [3.05, 3.63) is 18.1 Å². The number of aryl methyl sites for hydroxylation is 1. The van der Waals surface area contributed by atoms with Crippen LogP contribution in [-0.2, 0) is 0 Å². The summed E-state index contributed by atoms with van der Waals surface area (Å²) in [6, 6.07) is 2.59. The van der Waals surface area contributed by atoms with Crippen LogP contribution in [-0.4, -0.2) is 27.5 Å². The van der Waals surface area contributed by atoms with Gasteiger partial charge in [0.2, 0.25) is 0 Å². The average Bonchev–Trinajstić information content (AvgIpc) is 2.14. The van der Waals surface area contributed by atoms with Crippen molar-refractivity contribution in [1.29, 1.82) is 0 Å². The first-order chi connectivity index (χ1) is 6.79. The molecular formula is C10H15N3S. The van der Waals surface area contributed by atoms with Gasteiger partial charge in [-0.05, 0) is 26.0 Å². The quantitative estimate of drug-likeness (QED) is 0.827. The first-order valence-electron chi connectivity index (χ1n) is 4.87. The molecular weight excluding hydrogens is 194 g/mol. The van der Waals surface area contributed by atoms with E-state index in [0.717, 1.165) is 16.8 Å². The van der Waals surface area contributed by atoms with E-state index in [1.54, 1.807) is 6.33 Å². The molecule has 2 unspecified atom stereocenters. The molecule has 2 rings (SSSR count). The second kappa shape index (κ2) is 4.17. The van der Waals surface area contributed by atoms with Gasteiger partial charge in [-0.3, -0.25) is 0 Å². The first kappa shape index (κ1) is 9.77. The lowest BCUT2D eigenvalue weighted by molar-refractivity contribution is 0.462. The maximum Gasteiger partial charge on any atom is 0.129 e. The number of aromatic nitrogens is 2. The van der Waals surface area contributed by atoms with Crippen molar-refractivity contribution in [2.24, 2.45) is 0 Å². The van der Waals surface area contributed by atoms with Crippen molar-refractivity contribution in [3.63, 3.8) is 0 Å². The summed E-state index contributed by atoms with van der Waals surface area (Å²) in [5, 5.41) is 4.20. The molecule has 4 heteroatoms. The van der Waals surface area contributed by atoms with Crippen LogP contribution in [0.4, 0.5) is 5.82 Å². The highest BCUT2D eigenvalue weighted by Crippen LogP contribution is 2.32. The topological polar surface area (TPSA) is 37.8 Å². The van der Waals surface area contributed by atoms with Gasteiger partial charge in [0.05, 0.1) is 0 Å². The number of anilines is 1. The van der Waals surface area contributed by atoms with E-state index >= 15 is 0 Å². The molecule has 0 amide bonds. The molecule has 0 bridgehead atoms. The van der Waals surface area contributed by atoms with Crippen LogP contribution in [0.15, 0.2) is 12.4 Å². The van der Waals surface area contributed by atoms with Crippen LogP contribution < -0.4 is 5.32 Å². The average molecular weight is 209 g/mol. The van der Waals surface area contributed by atoms with E-state index in [-0.39, 0.29) is 0 Å². The lowest BCUT2D eigenvalue weighted by Crippen LogP contribution is -2.40. The Kier molecular flexibility index (Phi) is 2.91. The monoisotopic (exact) mass is 209 g/mol. The van der Waals surface area contributed by atoms with E-state index in [0.29, 0.717) is 6.04 Å². The maximum absolute atomic E-state index is 4.20. The van der Waals surface area contributed by atoms with E-state index in [1.165, 1.54) is 12.8 Å². The summed E-state index contributed by atoms with van der Waals surface area (Å²) in [4.78, 5) is 8.27. The molecule has 0 spiro atoms. The van der Waals surface area contributed by atoms with Crippen molar-refractivity contribution >= 4 is 17.6 Å². The van der Waals surface area contributed by atoms with E-state index in [4.69, 9.17) is 0 Å². The Balaban J connectivity index is 1.97. The fraction of sp³-hybridized carbons (Fsp3) is 0.600.